The first-order chi connectivity index (χ1) is 14.0. The van der Waals surface area contributed by atoms with E-state index < -0.39 is 5.96 Å². The molecule has 0 aliphatic heterocycles. The van der Waals surface area contributed by atoms with Crippen LogP contribution in [0.15, 0.2) is 43.0 Å². The molecule has 0 aliphatic carbocycles. The molecule has 0 spiro atoms. The normalized spacial score (nSPS) is 14.3. The number of unbranched alkanes of at least 4 members (excludes halogenated alkanes) is 9. The van der Waals surface area contributed by atoms with Crippen LogP contribution in [0.3, 0.4) is 0 Å². The van der Waals surface area contributed by atoms with Gasteiger partial charge in [0.05, 0.1) is 0 Å². The summed E-state index contributed by atoms with van der Waals surface area (Å²) in [5, 5.41) is 0. The summed E-state index contributed by atoms with van der Waals surface area (Å²) in [5.41, 5.74) is 1.74. The Morgan fingerprint density at radius 2 is 1.14 bits per heavy atom. The number of hydrogen-bond acceptors (Lipinski definition) is 0. The molecular weight excluding hydrogens is 391 g/mol. The quantitative estimate of drug-likeness (QED) is 0.121. The van der Waals surface area contributed by atoms with Gasteiger partial charge >= 0.3 is 188 Å². The van der Waals surface area contributed by atoms with E-state index in [2.05, 4.69) is 63.8 Å². The minimum absolute atomic E-state index is 0.341. The number of hydrogen-bond donors (Lipinski definition) is 0. The Morgan fingerprint density at radius 3 is 1.48 bits per heavy atom. The molecule has 1 unspecified atom stereocenters. The zero-order valence-electron chi connectivity index (χ0n) is 19.7. The van der Waals surface area contributed by atoms with Crippen LogP contribution in [-0.4, -0.2) is 18.5 Å². The molecule has 2 heteroatoms. The van der Waals surface area contributed by atoms with Crippen LogP contribution < -0.4 is 0 Å². The molecule has 0 amide bonds. The molecule has 0 N–H and O–H groups in total. The predicted molar refractivity (Wildman–Crippen MR) is 139 cm³/mol. The third kappa shape index (κ3) is 8.75. The zero-order chi connectivity index (χ0) is 21.5. The number of allylic oxidation sites excluding steroid dienone is 1. The molecule has 0 fully saturated rings. The fraction of sp³-hybridized carbons (Fsp3) is 0.704. The second kappa shape index (κ2) is 14.6. The van der Waals surface area contributed by atoms with Crippen molar-refractivity contribution >= 4 is 17.2 Å². The molecule has 0 aromatic heterocycles. The monoisotopic (exact) mass is 438 g/mol. The SMILES string of the molecule is C=CC(c1ccccc1)P(Cl)(CCCCCC)(CCCCCC)CCCCCC. The summed E-state index contributed by atoms with van der Waals surface area (Å²) in [6.45, 7) is 11.2. The maximum absolute atomic E-state index is 8.09. The fourth-order valence-corrected chi connectivity index (χ4v) is 12.4. The van der Waals surface area contributed by atoms with Crippen LogP contribution in [0.5, 0.6) is 0 Å². The number of rotatable bonds is 18. The maximum atomic E-state index is 8.09. The van der Waals surface area contributed by atoms with Crippen molar-refractivity contribution in [1.29, 1.82) is 0 Å². The summed E-state index contributed by atoms with van der Waals surface area (Å²) in [4.78, 5) is 0. The van der Waals surface area contributed by atoms with Crippen LogP contribution in [0.4, 0.5) is 0 Å². The molecule has 0 nitrogen and oxygen atoms in total. The van der Waals surface area contributed by atoms with Crippen LogP contribution in [0.2, 0.25) is 0 Å². The molecule has 0 saturated carbocycles. The molecule has 29 heavy (non-hydrogen) atoms. The van der Waals surface area contributed by atoms with Gasteiger partial charge in [0.2, 0.25) is 0 Å². The molecular formula is C27H48ClP. The van der Waals surface area contributed by atoms with E-state index in [1.807, 2.05) is 0 Å². The third-order valence-corrected chi connectivity index (χ3v) is 14.9. The second-order valence-electron chi connectivity index (χ2n) is 9.12. The van der Waals surface area contributed by atoms with Crippen LogP contribution >= 0.6 is 17.2 Å². The summed E-state index contributed by atoms with van der Waals surface area (Å²) in [6, 6.07) is 11.1. The average Bonchev–Trinajstić information content (AvgIpc) is 2.74. The Morgan fingerprint density at radius 1 is 0.724 bits per heavy atom. The van der Waals surface area contributed by atoms with Gasteiger partial charge in [-0.05, 0) is 0 Å². The standard InChI is InChI=1S/C27H48ClP/c1-5-9-12-18-23-29(28,24-19-13-10-6-2,25-20-14-11-7-3)27(8-4)26-21-16-15-17-22-26/h8,15-17,21-22,27H,4-7,9-14,18-20,23-25H2,1-3H3. The van der Waals surface area contributed by atoms with E-state index in [-0.39, 0.29) is 0 Å². The van der Waals surface area contributed by atoms with Gasteiger partial charge in [0.1, 0.15) is 0 Å². The van der Waals surface area contributed by atoms with Crippen molar-refractivity contribution < 1.29 is 0 Å². The van der Waals surface area contributed by atoms with Crippen LogP contribution in [0.25, 0.3) is 0 Å². The van der Waals surface area contributed by atoms with E-state index in [0.29, 0.717) is 5.66 Å². The first-order valence-electron chi connectivity index (χ1n) is 12.4. The van der Waals surface area contributed by atoms with Gasteiger partial charge in [-0.15, -0.1) is 0 Å². The molecule has 0 saturated heterocycles. The minimum atomic E-state index is -2.47. The molecule has 0 aliphatic rings. The van der Waals surface area contributed by atoms with Gasteiger partial charge in [0.15, 0.2) is 0 Å². The van der Waals surface area contributed by atoms with Crippen molar-refractivity contribution in [3.05, 3.63) is 48.6 Å². The molecule has 1 aromatic rings. The third-order valence-electron chi connectivity index (χ3n) is 6.68. The summed E-state index contributed by atoms with van der Waals surface area (Å²) in [6.07, 6.45) is 21.6. The van der Waals surface area contributed by atoms with E-state index in [1.54, 1.807) is 0 Å². The van der Waals surface area contributed by atoms with E-state index in [4.69, 9.17) is 11.2 Å². The second-order valence-corrected chi connectivity index (χ2v) is 17.1. The fourth-order valence-electron chi connectivity index (χ4n) is 4.91. The molecule has 168 valence electrons. The van der Waals surface area contributed by atoms with Gasteiger partial charge < -0.3 is 0 Å². The topological polar surface area (TPSA) is 0 Å². The molecule has 0 bridgehead atoms. The van der Waals surface area contributed by atoms with Gasteiger partial charge in [0.25, 0.3) is 0 Å². The van der Waals surface area contributed by atoms with Crippen LogP contribution in [0, 0.1) is 0 Å². The Bertz CT molecular complexity index is 505. The summed E-state index contributed by atoms with van der Waals surface area (Å²) < 4.78 is 0. The Balaban J connectivity index is 3.21. The molecule has 1 rings (SSSR count). The summed E-state index contributed by atoms with van der Waals surface area (Å²) in [5.74, 6) is -2.47. The molecule has 1 aromatic carbocycles. The number of benzene rings is 1. The van der Waals surface area contributed by atoms with Gasteiger partial charge in [-0.2, -0.15) is 0 Å². The van der Waals surface area contributed by atoms with Crippen molar-refractivity contribution in [2.75, 3.05) is 18.5 Å². The van der Waals surface area contributed by atoms with Gasteiger partial charge in [-0.25, -0.2) is 0 Å². The van der Waals surface area contributed by atoms with Crippen molar-refractivity contribution in [2.45, 2.75) is 103 Å². The Kier molecular flexibility index (Phi) is 13.5. The first-order valence-corrected chi connectivity index (χ1v) is 16.2. The van der Waals surface area contributed by atoms with Crippen molar-refractivity contribution in [3.8, 4) is 0 Å². The van der Waals surface area contributed by atoms with Gasteiger partial charge in [0, 0.05) is 0 Å². The molecule has 1 atom stereocenters. The van der Waals surface area contributed by atoms with Crippen molar-refractivity contribution in [1.82, 2.24) is 0 Å². The van der Waals surface area contributed by atoms with E-state index in [1.165, 1.54) is 101 Å². The zero-order valence-corrected chi connectivity index (χ0v) is 21.3. The Labute approximate surface area is 187 Å². The van der Waals surface area contributed by atoms with Gasteiger partial charge in [-0.3, -0.25) is 0 Å². The van der Waals surface area contributed by atoms with Crippen molar-refractivity contribution in [2.24, 2.45) is 0 Å². The Hall–Kier alpha value is -0.320. The summed E-state index contributed by atoms with van der Waals surface area (Å²) >= 11 is 8.09. The van der Waals surface area contributed by atoms with E-state index in [0.717, 1.165) is 0 Å². The molecule has 0 radical (unpaired) electrons. The summed E-state index contributed by atoms with van der Waals surface area (Å²) in [7, 11) is 0. The van der Waals surface area contributed by atoms with Crippen LogP contribution in [0.1, 0.15) is 109 Å². The van der Waals surface area contributed by atoms with Crippen LogP contribution in [-0.2, 0) is 0 Å². The van der Waals surface area contributed by atoms with E-state index >= 15 is 0 Å². The number of halogens is 1. The average molecular weight is 439 g/mol. The van der Waals surface area contributed by atoms with Gasteiger partial charge in [-0.1, -0.05) is 0 Å². The molecule has 0 heterocycles. The predicted octanol–water partition coefficient (Wildman–Crippen LogP) is 10.4. The first kappa shape index (κ1) is 26.7. The van der Waals surface area contributed by atoms with Crippen molar-refractivity contribution in [3.63, 3.8) is 0 Å². The van der Waals surface area contributed by atoms with E-state index in [9.17, 15) is 0 Å².